The van der Waals surface area contributed by atoms with Crippen molar-refractivity contribution in [1.82, 2.24) is 9.88 Å². The van der Waals surface area contributed by atoms with Crippen molar-refractivity contribution in [3.63, 3.8) is 0 Å². The molecule has 1 aromatic rings. The maximum Gasteiger partial charge on any atom is 0.0975 e. The van der Waals surface area contributed by atoms with Gasteiger partial charge in [-0.05, 0) is 45.3 Å². The molecule has 1 aliphatic rings. The SMILES string of the molecule is Cc1nc(C2CCN(C)C2)sc1CC(C)(C)CN. The normalized spacial score (nSPS) is 21.7. The van der Waals surface area contributed by atoms with E-state index in [1.54, 1.807) is 0 Å². The molecule has 0 radical (unpaired) electrons. The second-order valence-electron chi connectivity index (χ2n) is 6.35. The summed E-state index contributed by atoms with van der Waals surface area (Å²) >= 11 is 1.91. The molecule has 2 heterocycles. The van der Waals surface area contributed by atoms with E-state index in [-0.39, 0.29) is 5.41 Å². The zero-order valence-electron chi connectivity index (χ0n) is 12.0. The van der Waals surface area contributed by atoms with Crippen LogP contribution in [-0.4, -0.2) is 36.6 Å². The quantitative estimate of drug-likeness (QED) is 0.911. The Balaban J connectivity index is 2.12. The van der Waals surface area contributed by atoms with Crippen LogP contribution in [0, 0.1) is 12.3 Å². The third kappa shape index (κ3) is 3.11. The van der Waals surface area contributed by atoms with Gasteiger partial charge in [0.1, 0.15) is 0 Å². The maximum atomic E-state index is 5.83. The van der Waals surface area contributed by atoms with Gasteiger partial charge in [0.15, 0.2) is 0 Å². The molecule has 1 aromatic heterocycles. The Morgan fingerprint density at radius 2 is 2.22 bits per heavy atom. The summed E-state index contributed by atoms with van der Waals surface area (Å²) in [6, 6.07) is 0. The molecule has 18 heavy (non-hydrogen) atoms. The first-order valence-corrected chi connectivity index (χ1v) is 7.58. The number of thiazole rings is 1. The first kappa shape index (κ1) is 14.0. The Kier molecular flexibility index (Phi) is 4.09. The zero-order chi connectivity index (χ0) is 13.3. The number of likely N-dealkylation sites (tertiary alicyclic amines) is 1. The molecule has 0 saturated carbocycles. The molecule has 2 rings (SSSR count). The fraction of sp³-hybridized carbons (Fsp3) is 0.786. The Hall–Kier alpha value is -0.450. The first-order chi connectivity index (χ1) is 8.41. The van der Waals surface area contributed by atoms with Crippen LogP contribution in [0.2, 0.25) is 0 Å². The maximum absolute atomic E-state index is 5.83. The van der Waals surface area contributed by atoms with Crippen molar-refractivity contribution in [3.8, 4) is 0 Å². The van der Waals surface area contributed by atoms with Crippen molar-refractivity contribution in [1.29, 1.82) is 0 Å². The molecular weight excluding hydrogens is 242 g/mol. The van der Waals surface area contributed by atoms with Gasteiger partial charge in [0.2, 0.25) is 0 Å². The van der Waals surface area contributed by atoms with Crippen molar-refractivity contribution in [3.05, 3.63) is 15.6 Å². The van der Waals surface area contributed by atoms with Gasteiger partial charge < -0.3 is 10.6 Å². The lowest BCUT2D eigenvalue weighted by atomic mass is 9.88. The molecule has 1 atom stereocenters. The molecule has 3 nitrogen and oxygen atoms in total. The van der Waals surface area contributed by atoms with Gasteiger partial charge in [-0.2, -0.15) is 0 Å². The van der Waals surface area contributed by atoms with E-state index in [4.69, 9.17) is 10.7 Å². The zero-order valence-corrected chi connectivity index (χ0v) is 12.8. The first-order valence-electron chi connectivity index (χ1n) is 6.76. The minimum absolute atomic E-state index is 0.182. The molecule has 1 unspecified atom stereocenters. The Bertz CT molecular complexity index is 411. The summed E-state index contributed by atoms with van der Waals surface area (Å²) in [4.78, 5) is 8.62. The van der Waals surface area contributed by atoms with E-state index in [9.17, 15) is 0 Å². The predicted octanol–water partition coefficient (Wildman–Crippen LogP) is 2.40. The highest BCUT2D eigenvalue weighted by Gasteiger charge is 2.26. The molecule has 2 N–H and O–H groups in total. The van der Waals surface area contributed by atoms with Gasteiger partial charge in [0.25, 0.3) is 0 Å². The van der Waals surface area contributed by atoms with E-state index in [0.29, 0.717) is 5.92 Å². The Morgan fingerprint density at radius 1 is 1.50 bits per heavy atom. The van der Waals surface area contributed by atoms with Crippen LogP contribution < -0.4 is 5.73 Å². The largest absolute Gasteiger partial charge is 0.330 e. The number of nitrogens with zero attached hydrogens (tertiary/aromatic N) is 2. The van der Waals surface area contributed by atoms with Crippen LogP contribution in [-0.2, 0) is 6.42 Å². The average molecular weight is 267 g/mol. The number of aromatic nitrogens is 1. The Labute approximate surface area is 114 Å². The monoisotopic (exact) mass is 267 g/mol. The van der Waals surface area contributed by atoms with Crippen LogP contribution in [0.15, 0.2) is 0 Å². The fourth-order valence-electron chi connectivity index (χ4n) is 2.43. The van der Waals surface area contributed by atoms with Gasteiger partial charge in [-0.3, -0.25) is 0 Å². The minimum Gasteiger partial charge on any atom is -0.330 e. The van der Waals surface area contributed by atoms with Crippen LogP contribution in [0.1, 0.15) is 41.8 Å². The van der Waals surface area contributed by atoms with E-state index in [0.717, 1.165) is 19.5 Å². The minimum atomic E-state index is 0.182. The van der Waals surface area contributed by atoms with Gasteiger partial charge in [0.05, 0.1) is 10.7 Å². The predicted molar refractivity (Wildman–Crippen MR) is 78.2 cm³/mol. The summed E-state index contributed by atoms with van der Waals surface area (Å²) < 4.78 is 0. The third-order valence-corrected chi connectivity index (χ3v) is 5.16. The molecule has 0 spiro atoms. The van der Waals surface area contributed by atoms with Crippen molar-refractivity contribution in [2.24, 2.45) is 11.1 Å². The van der Waals surface area contributed by atoms with Gasteiger partial charge in [-0.15, -0.1) is 11.3 Å². The molecule has 102 valence electrons. The van der Waals surface area contributed by atoms with E-state index in [1.807, 2.05) is 11.3 Å². The lowest BCUT2D eigenvalue weighted by Crippen LogP contribution is -2.25. The topological polar surface area (TPSA) is 42.2 Å². The molecule has 0 amide bonds. The fourth-order valence-corrected chi connectivity index (χ4v) is 3.88. The van der Waals surface area contributed by atoms with Crippen molar-refractivity contribution < 1.29 is 0 Å². The van der Waals surface area contributed by atoms with Crippen LogP contribution in [0.25, 0.3) is 0 Å². The van der Waals surface area contributed by atoms with Crippen LogP contribution >= 0.6 is 11.3 Å². The van der Waals surface area contributed by atoms with E-state index in [1.165, 1.54) is 28.5 Å². The number of rotatable bonds is 4. The molecular formula is C14H25N3S. The summed E-state index contributed by atoms with van der Waals surface area (Å²) in [6.45, 7) is 9.69. The summed E-state index contributed by atoms with van der Waals surface area (Å²) in [7, 11) is 2.19. The van der Waals surface area contributed by atoms with Crippen LogP contribution in [0.5, 0.6) is 0 Å². The standard InChI is InChI=1S/C14H25N3S/c1-10-12(7-14(2,3)9-15)18-13(16-10)11-5-6-17(4)8-11/h11H,5-9,15H2,1-4H3. The highest BCUT2D eigenvalue weighted by Crippen LogP contribution is 2.34. The Morgan fingerprint density at radius 3 is 2.78 bits per heavy atom. The summed E-state index contributed by atoms with van der Waals surface area (Å²) in [5, 5.41) is 1.33. The summed E-state index contributed by atoms with van der Waals surface area (Å²) in [6.07, 6.45) is 2.30. The van der Waals surface area contributed by atoms with Crippen molar-refractivity contribution in [2.45, 2.75) is 39.5 Å². The molecule has 1 saturated heterocycles. The molecule has 0 aliphatic carbocycles. The van der Waals surface area contributed by atoms with E-state index < -0.39 is 0 Å². The second-order valence-corrected chi connectivity index (χ2v) is 7.47. The van der Waals surface area contributed by atoms with Crippen molar-refractivity contribution in [2.75, 3.05) is 26.7 Å². The molecule has 0 bridgehead atoms. The van der Waals surface area contributed by atoms with Gasteiger partial charge in [-0.25, -0.2) is 4.98 Å². The van der Waals surface area contributed by atoms with Crippen LogP contribution in [0.3, 0.4) is 0 Å². The van der Waals surface area contributed by atoms with Gasteiger partial charge in [-0.1, -0.05) is 13.8 Å². The number of nitrogens with two attached hydrogens (primary N) is 1. The van der Waals surface area contributed by atoms with Crippen LogP contribution in [0.4, 0.5) is 0 Å². The number of hydrogen-bond acceptors (Lipinski definition) is 4. The third-order valence-electron chi connectivity index (χ3n) is 3.84. The smallest absolute Gasteiger partial charge is 0.0975 e. The van der Waals surface area contributed by atoms with E-state index in [2.05, 4.69) is 32.7 Å². The lowest BCUT2D eigenvalue weighted by Gasteiger charge is -2.21. The summed E-state index contributed by atoms with van der Waals surface area (Å²) in [5.41, 5.74) is 7.22. The second kappa shape index (κ2) is 5.27. The molecule has 0 aromatic carbocycles. The molecule has 1 aliphatic heterocycles. The number of aryl methyl sites for hydroxylation is 1. The molecule has 4 heteroatoms. The highest BCUT2D eigenvalue weighted by atomic mass is 32.1. The highest BCUT2D eigenvalue weighted by molar-refractivity contribution is 7.11. The summed E-state index contributed by atoms with van der Waals surface area (Å²) in [5.74, 6) is 0.647. The number of hydrogen-bond donors (Lipinski definition) is 1. The van der Waals surface area contributed by atoms with Gasteiger partial charge >= 0.3 is 0 Å². The van der Waals surface area contributed by atoms with Gasteiger partial charge in [0, 0.05) is 17.3 Å². The lowest BCUT2D eigenvalue weighted by molar-refractivity contribution is 0.379. The number of likely N-dealkylation sites (N-methyl/N-ethyl adjacent to an activating group) is 1. The van der Waals surface area contributed by atoms with Crippen molar-refractivity contribution >= 4 is 11.3 Å². The molecule has 1 fully saturated rings. The average Bonchev–Trinajstić information content (AvgIpc) is 2.86. The van der Waals surface area contributed by atoms with E-state index >= 15 is 0 Å².